The Morgan fingerprint density at radius 2 is 1.16 bits per heavy atom. The van der Waals surface area contributed by atoms with Crippen LogP contribution in [-0.2, 0) is 28.5 Å². The smallest absolute Gasteiger partial charge is 0.314 e. The quantitative estimate of drug-likeness (QED) is 0.285. The van der Waals surface area contributed by atoms with Crippen molar-refractivity contribution in [3.05, 3.63) is 35.7 Å². The lowest BCUT2D eigenvalue weighted by atomic mass is 9.59. The summed E-state index contributed by atoms with van der Waals surface area (Å²) in [7, 11) is -1.18. The van der Waals surface area contributed by atoms with Crippen LogP contribution in [0.3, 0.4) is 0 Å². The van der Waals surface area contributed by atoms with Crippen LogP contribution in [0.4, 0.5) is 13.2 Å². The molecule has 2 bridgehead atoms. The van der Waals surface area contributed by atoms with Crippen LogP contribution in [0.2, 0.25) is 0 Å². The number of hydrogen-bond acceptors (Lipinski definition) is 4. The second-order valence-corrected chi connectivity index (χ2v) is 18.4. The molecule has 5 nitrogen and oxygen atoms in total. The molecule has 3 aliphatic carbocycles. The summed E-state index contributed by atoms with van der Waals surface area (Å²) in [6, 6.07) is 5.69. The molecule has 0 atom stereocenters. The number of alkyl halides is 3. The third kappa shape index (κ3) is 12.1. The molecule has 0 radical (unpaired) electrons. The molecule has 0 amide bonds. The van der Waals surface area contributed by atoms with Crippen molar-refractivity contribution in [2.75, 3.05) is 11.5 Å². The zero-order valence-corrected chi connectivity index (χ0v) is 32.1. The van der Waals surface area contributed by atoms with Gasteiger partial charge >= 0.3 is 6.18 Å². The highest BCUT2D eigenvalue weighted by atomic mass is 32.2. The van der Waals surface area contributed by atoms with Crippen LogP contribution in [0.25, 0.3) is 11.4 Å². The van der Waals surface area contributed by atoms with E-state index in [1.54, 1.807) is 13.0 Å². The second kappa shape index (κ2) is 19.8. The Morgan fingerprint density at radius 3 is 1.66 bits per heavy atom. The Bertz CT molecular complexity index is 1380. The first-order valence-electron chi connectivity index (χ1n) is 20.3. The van der Waals surface area contributed by atoms with Gasteiger partial charge in [0.2, 0.25) is 0 Å². The summed E-state index contributed by atoms with van der Waals surface area (Å²) in [4.78, 5) is 0. The molecule has 0 aliphatic heterocycles. The normalized spacial score (nSPS) is 25.2. The third-order valence-corrected chi connectivity index (χ3v) is 14.1. The van der Waals surface area contributed by atoms with Crippen molar-refractivity contribution in [3.8, 4) is 11.4 Å². The highest BCUT2D eigenvalue weighted by Crippen LogP contribution is 2.53. The van der Waals surface area contributed by atoms with Crippen molar-refractivity contribution >= 4 is 9.84 Å². The molecule has 0 unspecified atom stereocenters. The Hall–Kier alpha value is -1.90. The van der Waals surface area contributed by atoms with Crippen molar-refractivity contribution < 1.29 is 21.6 Å². The van der Waals surface area contributed by atoms with Crippen LogP contribution >= 0.6 is 0 Å². The number of sulfone groups is 1. The van der Waals surface area contributed by atoms with Crippen molar-refractivity contribution in [1.29, 1.82) is 0 Å². The zero-order valence-electron chi connectivity index (χ0n) is 31.3. The van der Waals surface area contributed by atoms with Crippen LogP contribution in [0.5, 0.6) is 0 Å². The van der Waals surface area contributed by atoms with E-state index in [1.165, 1.54) is 115 Å². The Morgan fingerprint density at radius 1 is 0.680 bits per heavy atom. The molecule has 1 aromatic heterocycles. The Kier molecular flexibility index (Phi) is 16.2. The average molecular weight is 722 g/mol. The minimum Gasteiger partial charge on any atom is -0.314 e. The fourth-order valence-corrected chi connectivity index (χ4v) is 9.90. The van der Waals surface area contributed by atoms with Gasteiger partial charge in [0.1, 0.15) is 15.7 Å². The van der Waals surface area contributed by atoms with E-state index in [2.05, 4.69) is 5.10 Å². The van der Waals surface area contributed by atoms with E-state index in [4.69, 9.17) is 5.10 Å². The number of nitrogens with zero attached hydrogens (tertiary/aromatic N) is 3. The third-order valence-electron chi connectivity index (χ3n) is 12.3. The fraction of sp³-hybridized carbons (Fsp3) is 0.805. The van der Waals surface area contributed by atoms with Gasteiger partial charge in [0.05, 0.1) is 11.3 Å². The van der Waals surface area contributed by atoms with E-state index in [1.807, 2.05) is 11.6 Å². The van der Waals surface area contributed by atoms with Gasteiger partial charge in [-0.25, -0.2) is 8.42 Å². The largest absolute Gasteiger partial charge is 0.417 e. The number of aromatic nitrogens is 3. The number of hydrogen-bond donors (Lipinski definition) is 0. The molecule has 9 heteroatoms. The molecule has 3 saturated carbocycles. The highest BCUT2D eigenvalue weighted by molar-refractivity contribution is 7.91. The molecular formula is C41H66F3N3O2S. The lowest BCUT2D eigenvalue weighted by Crippen LogP contribution is -2.39. The number of benzene rings is 1. The molecular weight excluding hydrogens is 656 g/mol. The average Bonchev–Trinajstić information content (AvgIpc) is 3.49. The van der Waals surface area contributed by atoms with E-state index < -0.39 is 21.6 Å². The lowest BCUT2D eigenvalue weighted by molar-refractivity contribution is -0.137. The summed E-state index contributed by atoms with van der Waals surface area (Å²) in [6.45, 7) is 1.73. The molecule has 284 valence electrons. The summed E-state index contributed by atoms with van der Waals surface area (Å²) < 4.78 is 68.9. The standard InChI is InChI=1S/C41H66F3N3O2S/c1-3-50(48,49)34-24-28-39-27-22-18-16-14-12-10-8-6-4-5-7-9-11-13-15-17-19-23-29-40(32-30-39,33-31-39)38-46-45-37(47(38)2)35-25-20-21-26-36(35)41(42,43)44/h20-21,25-26H,3-19,22-24,27-34H2,1-2H3. The summed E-state index contributed by atoms with van der Waals surface area (Å²) >= 11 is 0. The maximum atomic E-state index is 14.1. The van der Waals surface area contributed by atoms with Crippen LogP contribution in [0.1, 0.15) is 185 Å². The molecule has 50 heavy (non-hydrogen) atoms. The predicted molar refractivity (Wildman–Crippen MR) is 200 cm³/mol. The van der Waals surface area contributed by atoms with Gasteiger partial charge < -0.3 is 4.57 Å². The van der Waals surface area contributed by atoms with Crippen molar-refractivity contribution in [2.45, 2.75) is 185 Å². The van der Waals surface area contributed by atoms with E-state index >= 15 is 0 Å². The van der Waals surface area contributed by atoms with Gasteiger partial charge in [-0.1, -0.05) is 141 Å². The monoisotopic (exact) mass is 721 g/mol. The molecule has 3 fully saturated rings. The molecule has 5 rings (SSSR count). The van der Waals surface area contributed by atoms with E-state index in [0.717, 1.165) is 69.7 Å². The topological polar surface area (TPSA) is 64.8 Å². The summed E-state index contributed by atoms with van der Waals surface area (Å²) in [5.41, 5.74) is -0.757. The summed E-state index contributed by atoms with van der Waals surface area (Å²) in [6.07, 6.45) is 26.3. The van der Waals surface area contributed by atoms with Gasteiger partial charge in [0.25, 0.3) is 0 Å². The van der Waals surface area contributed by atoms with Crippen LogP contribution in [0.15, 0.2) is 24.3 Å². The van der Waals surface area contributed by atoms with E-state index in [-0.39, 0.29) is 33.7 Å². The summed E-state index contributed by atoms with van der Waals surface area (Å²) in [5, 5.41) is 9.14. The molecule has 1 aromatic carbocycles. The first-order chi connectivity index (χ1) is 24.0. The minimum atomic E-state index is -4.48. The maximum absolute atomic E-state index is 14.1. The van der Waals surface area contributed by atoms with Gasteiger partial charge in [-0.05, 0) is 62.8 Å². The van der Waals surface area contributed by atoms with Gasteiger partial charge in [-0.2, -0.15) is 13.2 Å². The Balaban J connectivity index is 1.56. The van der Waals surface area contributed by atoms with E-state index in [0.29, 0.717) is 6.42 Å². The highest BCUT2D eigenvalue weighted by Gasteiger charge is 2.46. The number of rotatable bonds is 7. The van der Waals surface area contributed by atoms with Gasteiger partial charge in [-0.15, -0.1) is 10.2 Å². The van der Waals surface area contributed by atoms with Crippen LogP contribution in [0, 0.1) is 5.41 Å². The lowest BCUT2D eigenvalue weighted by Gasteiger charge is -2.47. The summed E-state index contributed by atoms with van der Waals surface area (Å²) in [5.74, 6) is 1.53. The molecule has 1 heterocycles. The van der Waals surface area contributed by atoms with E-state index in [9.17, 15) is 21.6 Å². The van der Waals surface area contributed by atoms with Gasteiger partial charge in [0.15, 0.2) is 5.82 Å². The van der Waals surface area contributed by atoms with Gasteiger partial charge in [-0.3, -0.25) is 0 Å². The predicted octanol–water partition coefficient (Wildman–Crippen LogP) is 12.3. The Labute approximate surface area is 301 Å². The van der Waals surface area contributed by atoms with Crippen molar-refractivity contribution in [2.24, 2.45) is 12.5 Å². The maximum Gasteiger partial charge on any atom is 0.417 e. The SMILES string of the molecule is CCS(=O)(=O)CCCC12CCCCCCCCCCCCCCCCCCCCC(c3nnc(-c4ccccc4C(F)(F)F)n3C)(CC1)CC2. The molecule has 0 saturated heterocycles. The molecule has 3 aliphatic rings. The second-order valence-electron chi connectivity index (χ2n) is 15.9. The van der Waals surface area contributed by atoms with Crippen LogP contribution in [-0.4, -0.2) is 34.7 Å². The van der Waals surface area contributed by atoms with Crippen LogP contribution < -0.4 is 0 Å². The minimum absolute atomic E-state index is 0.0738. The van der Waals surface area contributed by atoms with Crippen molar-refractivity contribution in [3.63, 3.8) is 0 Å². The zero-order chi connectivity index (χ0) is 35.9. The fourth-order valence-electron chi connectivity index (χ4n) is 9.02. The molecule has 0 spiro atoms. The molecule has 2 aromatic rings. The van der Waals surface area contributed by atoms with Crippen molar-refractivity contribution in [1.82, 2.24) is 14.8 Å². The first-order valence-corrected chi connectivity index (χ1v) is 22.1. The molecule has 0 N–H and O–H groups in total. The van der Waals surface area contributed by atoms with Gasteiger partial charge in [0, 0.05) is 23.8 Å². The first kappa shape index (κ1) is 40.9. The number of halogens is 3. The number of fused-ring (bicyclic) bond motifs is 21.